The van der Waals surface area contributed by atoms with E-state index >= 15 is 0 Å². The molecule has 8 heteroatoms. The molecule has 0 bridgehead atoms. The molecule has 0 radical (unpaired) electrons. The Morgan fingerprint density at radius 2 is 2.21 bits per heavy atom. The van der Waals surface area contributed by atoms with Crippen molar-refractivity contribution < 1.29 is 14.3 Å². The number of rotatable bonds is 11. The highest BCUT2D eigenvalue weighted by molar-refractivity contribution is 5.88. The molecule has 1 aromatic heterocycles. The van der Waals surface area contributed by atoms with Crippen molar-refractivity contribution in [3.63, 3.8) is 0 Å². The van der Waals surface area contributed by atoms with Gasteiger partial charge < -0.3 is 20.7 Å². The molecule has 7 nitrogen and oxygen atoms in total. The predicted molar refractivity (Wildman–Crippen MR) is 114 cm³/mol. The summed E-state index contributed by atoms with van der Waals surface area (Å²) in [4.78, 5) is 27.9. The first-order valence-electron chi connectivity index (χ1n) is 9.94. The molecule has 0 spiro atoms. The van der Waals surface area contributed by atoms with E-state index in [1.54, 1.807) is 4.57 Å². The van der Waals surface area contributed by atoms with E-state index in [9.17, 15) is 19.1 Å². The summed E-state index contributed by atoms with van der Waals surface area (Å²) in [6, 6.07) is 0.0594. The van der Waals surface area contributed by atoms with Gasteiger partial charge in [0, 0.05) is 30.9 Å². The van der Waals surface area contributed by atoms with Gasteiger partial charge in [0.1, 0.15) is 17.2 Å². The number of carbonyl (C=O) groups is 1. The number of nitrogens with zero attached hydrogens (tertiary/aromatic N) is 2. The van der Waals surface area contributed by atoms with Crippen LogP contribution in [0.25, 0.3) is 6.08 Å². The smallest absolute Gasteiger partial charge is 0.341 e. The van der Waals surface area contributed by atoms with Crippen molar-refractivity contribution in [3.05, 3.63) is 33.4 Å². The highest BCUT2D eigenvalue weighted by atomic mass is 19.1. The minimum absolute atomic E-state index is 0.0594. The van der Waals surface area contributed by atoms with Crippen LogP contribution in [0.5, 0.6) is 0 Å². The summed E-state index contributed by atoms with van der Waals surface area (Å²) in [5.41, 5.74) is 4.55. The first kappa shape index (κ1) is 23.0. The second-order valence-electron chi connectivity index (χ2n) is 8.24. The number of aliphatic imine (C=N–C) groups is 1. The number of carboxylic acids is 1. The van der Waals surface area contributed by atoms with Crippen molar-refractivity contribution >= 4 is 24.6 Å². The second kappa shape index (κ2) is 9.45. The minimum atomic E-state index is -1.35. The van der Waals surface area contributed by atoms with Crippen molar-refractivity contribution in [2.75, 3.05) is 13.1 Å². The van der Waals surface area contributed by atoms with Crippen LogP contribution in [0.15, 0.2) is 21.8 Å². The highest BCUT2D eigenvalue weighted by Gasteiger charge is 2.29. The molecule has 4 N–H and O–H groups in total. The van der Waals surface area contributed by atoms with E-state index in [2.05, 4.69) is 24.0 Å². The summed E-state index contributed by atoms with van der Waals surface area (Å²) < 4.78 is 16.2. The lowest BCUT2D eigenvalue weighted by atomic mass is 9.85. The number of nitrogens with one attached hydrogen (secondary N) is 1. The van der Waals surface area contributed by atoms with Crippen LogP contribution in [0.4, 0.5) is 10.2 Å². The summed E-state index contributed by atoms with van der Waals surface area (Å²) >= 11 is 0. The van der Waals surface area contributed by atoms with E-state index in [4.69, 9.17) is 5.73 Å². The van der Waals surface area contributed by atoms with E-state index in [1.807, 2.05) is 13.8 Å². The Kier molecular flexibility index (Phi) is 7.48. The maximum Gasteiger partial charge on any atom is 0.341 e. The number of nitrogens with two attached hydrogens (primary N) is 1. The van der Waals surface area contributed by atoms with E-state index in [0.717, 1.165) is 31.8 Å². The van der Waals surface area contributed by atoms with Gasteiger partial charge in [-0.15, -0.1) is 0 Å². The number of pyridine rings is 1. The van der Waals surface area contributed by atoms with Gasteiger partial charge in [-0.3, -0.25) is 4.79 Å². The van der Waals surface area contributed by atoms with Crippen molar-refractivity contribution in [2.45, 2.75) is 58.0 Å². The average Bonchev–Trinajstić information content (AvgIpc) is 3.46. The van der Waals surface area contributed by atoms with Crippen LogP contribution in [0.3, 0.4) is 0 Å². The number of aromatic carboxylic acids is 1. The number of carboxylic acid groups (broad SMARTS) is 1. The first-order valence-corrected chi connectivity index (χ1v) is 9.94. The van der Waals surface area contributed by atoms with Crippen molar-refractivity contribution in [3.8, 4) is 0 Å². The minimum Gasteiger partial charge on any atom is -0.477 e. The lowest BCUT2D eigenvalue weighted by Gasteiger charge is -2.30. The maximum absolute atomic E-state index is 14.6. The predicted octanol–water partition coefficient (Wildman–Crippen LogP) is 3.27. The Hall–Kier alpha value is -2.32. The largest absolute Gasteiger partial charge is 0.477 e. The highest BCUT2D eigenvalue weighted by Crippen LogP contribution is 2.39. The molecule has 1 atom stereocenters. The molecule has 2 rings (SSSR count). The van der Waals surface area contributed by atoms with E-state index in [0.29, 0.717) is 6.54 Å². The number of halogens is 1. The third-order valence-corrected chi connectivity index (χ3v) is 5.24. The summed E-state index contributed by atoms with van der Waals surface area (Å²) in [5.74, 6) is -1.56. The standard InChI is InChI=1S/C21H31FN4O3/c1-5-6-13(21(2,3)23)10-25-11-14(22)9-16-18(27)17(20(28)29)12-26(15-7-8-15)19(16)24-4/h9,12-13,15,25H,4-8,10-11,23H2,1-3H3,(H,28,29)/b14-9+. The quantitative estimate of drug-likeness (QED) is 0.489. The molecule has 1 unspecified atom stereocenters. The van der Waals surface area contributed by atoms with Crippen LogP contribution in [0.1, 0.15) is 68.4 Å². The molecule has 29 heavy (non-hydrogen) atoms. The molecular formula is C21H31FN4O3. The van der Waals surface area contributed by atoms with E-state index in [-0.39, 0.29) is 29.9 Å². The van der Waals surface area contributed by atoms with Gasteiger partial charge in [-0.1, -0.05) is 13.3 Å². The van der Waals surface area contributed by atoms with Crippen LogP contribution in [0, 0.1) is 5.92 Å². The number of hydrogen-bond acceptors (Lipinski definition) is 5. The molecule has 0 amide bonds. The summed E-state index contributed by atoms with van der Waals surface area (Å²) in [7, 11) is 0. The summed E-state index contributed by atoms with van der Waals surface area (Å²) in [6.45, 7) is 9.89. The molecule has 1 aliphatic carbocycles. The van der Waals surface area contributed by atoms with Gasteiger partial charge in [0.2, 0.25) is 5.43 Å². The maximum atomic E-state index is 14.6. The lowest BCUT2D eigenvalue weighted by Crippen LogP contribution is -2.45. The normalized spacial score (nSPS) is 16.0. The third-order valence-electron chi connectivity index (χ3n) is 5.24. The van der Waals surface area contributed by atoms with E-state index in [1.165, 1.54) is 6.20 Å². The molecular weight excluding hydrogens is 375 g/mol. The van der Waals surface area contributed by atoms with Gasteiger partial charge >= 0.3 is 5.97 Å². The fraction of sp³-hybridized carbons (Fsp3) is 0.571. The second-order valence-corrected chi connectivity index (χ2v) is 8.24. The zero-order chi connectivity index (χ0) is 21.8. The number of hydrogen-bond donors (Lipinski definition) is 3. The zero-order valence-electron chi connectivity index (χ0n) is 17.4. The molecule has 0 aliphatic heterocycles. The van der Waals surface area contributed by atoms with Crippen LogP contribution in [-0.2, 0) is 0 Å². The van der Waals surface area contributed by atoms with Crippen molar-refractivity contribution in [1.29, 1.82) is 0 Å². The van der Waals surface area contributed by atoms with Crippen LogP contribution >= 0.6 is 0 Å². The topological polar surface area (TPSA) is 110 Å². The average molecular weight is 407 g/mol. The zero-order valence-corrected chi connectivity index (χ0v) is 17.4. The first-order chi connectivity index (χ1) is 13.6. The Morgan fingerprint density at radius 1 is 1.55 bits per heavy atom. The Balaban J connectivity index is 2.27. The summed E-state index contributed by atoms with van der Waals surface area (Å²) in [6.07, 6.45) is 5.93. The lowest BCUT2D eigenvalue weighted by molar-refractivity contribution is 0.0694. The Bertz CT molecular complexity index is 851. The fourth-order valence-corrected chi connectivity index (χ4v) is 3.38. The van der Waals surface area contributed by atoms with Crippen molar-refractivity contribution in [2.24, 2.45) is 16.6 Å². The SMILES string of the molecule is C=Nc1c(/C=C(/F)CNCC(CCC)C(C)(C)N)c(=O)c(C(=O)O)cn1C1CC1. The molecule has 1 heterocycles. The fourth-order valence-electron chi connectivity index (χ4n) is 3.38. The molecule has 0 aromatic carbocycles. The van der Waals surface area contributed by atoms with Crippen LogP contribution < -0.4 is 16.5 Å². The van der Waals surface area contributed by atoms with Gasteiger partial charge in [0.25, 0.3) is 0 Å². The molecule has 1 aromatic rings. The molecule has 1 aliphatic rings. The molecule has 1 saturated carbocycles. The van der Waals surface area contributed by atoms with Gasteiger partial charge in [-0.2, -0.15) is 0 Å². The van der Waals surface area contributed by atoms with Crippen LogP contribution in [0.2, 0.25) is 0 Å². The van der Waals surface area contributed by atoms with Gasteiger partial charge in [0.15, 0.2) is 0 Å². The molecule has 160 valence electrons. The van der Waals surface area contributed by atoms with Crippen LogP contribution in [-0.4, -0.2) is 41.0 Å². The Labute approximate surface area is 170 Å². The summed E-state index contributed by atoms with van der Waals surface area (Å²) in [5, 5.41) is 12.4. The molecule has 0 saturated heterocycles. The van der Waals surface area contributed by atoms with Gasteiger partial charge in [0.05, 0.1) is 5.56 Å². The Morgan fingerprint density at radius 3 is 2.69 bits per heavy atom. The van der Waals surface area contributed by atoms with Gasteiger partial charge in [-0.05, 0) is 51.8 Å². The van der Waals surface area contributed by atoms with Crippen molar-refractivity contribution in [1.82, 2.24) is 9.88 Å². The molecule has 1 fully saturated rings. The number of aromatic nitrogens is 1. The third kappa shape index (κ3) is 5.83. The monoisotopic (exact) mass is 406 g/mol. The van der Waals surface area contributed by atoms with Gasteiger partial charge in [-0.25, -0.2) is 14.2 Å². The van der Waals surface area contributed by atoms with E-state index < -0.39 is 28.3 Å².